The Morgan fingerprint density at radius 3 is 3.06 bits per heavy atom. The largest absolute Gasteiger partial charge is 0.481 e. The van der Waals surface area contributed by atoms with Gasteiger partial charge < -0.3 is 10.1 Å². The SMILES string of the molecule is CCCC(C)=Nc1cc2c(cc1F)OCC(=O)N2. The molecule has 1 N–H and O–H groups in total. The van der Waals surface area contributed by atoms with Gasteiger partial charge in [-0.05, 0) is 19.4 Å². The van der Waals surface area contributed by atoms with Crippen molar-refractivity contribution in [2.24, 2.45) is 4.99 Å². The Kier molecular flexibility index (Phi) is 3.60. The average molecular weight is 250 g/mol. The van der Waals surface area contributed by atoms with E-state index in [4.69, 9.17) is 4.74 Å². The summed E-state index contributed by atoms with van der Waals surface area (Å²) in [7, 11) is 0. The summed E-state index contributed by atoms with van der Waals surface area (Å²) in [6, 6.07) is 2.76. The van der Waals surface area contributed by atoms with Crippen LogP contribution in [-0.4, -0.2) is 18.2 Å². The van der Waals surface area contributed by atoms with E-state index in [9.17, 15) is 9.18 Å². The predicted molar refractivity (Wildman–Crippen MR) is 68.2 cm³/mol. The lowest BCUT2D eigenvalue weighted by molar-refractivity contribution is -0.118. The number of carbonyl (C=O) groups excluding carboxylic acids is 1. The number of rotatable bonds is 3. The maximum Gasteiger partial charge on any atom is 0.262 e. The number of benzene rings is 1. The van der Waals surface area contributed by atoms with Crippen molar-refractivity contribution in [3.8, 4) is 5.75 Å². The maximum atomic E-state index is 13.8. The molecule has 1 amide bonds. The van der Waals surface area contributed by atoms with E-state index in [1.54, 1.807) is 0 Å². The van der Waals surface area contributed by atoms with Crippen LogP contribution in [0.5, 0.6) is 5.75 Å². The summed E-state index contributed by atoms with van der Waals surface area (Å²) in [5.41, 5.74) is 1.56. The number of ether oxygens (including phenoxy) is 1. The van der Waals surface area contributed by atoms with Crippen LogP contribution >= 0.6 is 0 Å². The van der Waals surface area contributed by atoms with E-state index in [0.717, 1.165) is 18.6 Å². The second kappa shape index (κ2) is 5.16. The first-order valence-corrected chi connectivity index (χ1v) is 5.90. The van der Waals surface area contributed by atoms with Crippen LogP contribution in [0.4, 0.5) is 15.8 Å². The van der Waals surface area contributed by atoms with Gasteiger partial charge in [-0.3, -0.25) is 9.79 Å². The Morgan fingerprint density at radius 1 is 1.56 bits per heavy atom. The molecular weight excluding hydrogens is 235 g/mol. The summed E-state index contributed by atoms with van der Waals surface area (Å²) >= 11 is 0. The third-order valence-corrected chi connectivity index (χ3v) is 2.60. The van der Waals surface area contributed by atoms with Crippen molar-refractivity contribution in [1.82, 2.24) is 0 Å². The van der Waals surface area contributed by atoms with Crippen molar-refractivity contribution in [3.05, 3.63) is 17.9 Å². The number of hydrogen-bond donors (Lipinski definition) is 1. The molecule has 0 spiro atoms. The van der Waals surface area contributed by atoms with Gasteiger partial charge in [0, 0.05) is 11.8 Å². The molecule has 1 aromatic rings. The van der Waals surface area contributed by atoms with Gasteiger partial charge in [0.2, 0.25) is 0 Å². The van der Waals surface area contributed by atoms with Crippen LogP contribution in [0.3, 0.4) is 0 Å². The average Bonchev–Trinajstić information content (AvgIpc) is 2.31. The number of carbonyl (C=O) groups is 1. The van der Waals surface area contributed by atoms with E-state index >= 15 is 0 Å². The molecule has 0 fully saturated rings. The summed E-state index contributed by atoms with van der Waals surface area (Å²) in [5.74, 6) is -0.339. The van der Waals surface area contributed by atoms with Gasteiger partial charge in [-0.15, -0.1) is 0 Å². The van der Waals surface area contributed by atoms with E-state index in [2.05, 4.69) is 10.3 Å². The summed E-state index contributed by atoms with van der Waals surface area (Å²) in [5, 5.41) is 2.63. The number of nitrogens with zero attached hydrogens (tertiary/aromatic N) is 1. The lowest BCUT2D eigenvalue weighted by Gasteiger charge is -2.18. The molecule has 0 radical (unpaired) electrons. The minimum atomic E-state index is -0.444. The van der Waals surface area contributed by atoms with E-state index in [1.165, 1.54) is 12.1 Å². The highest BCUT2D eigenvalue weighted by Crippen LogP contribution is 2.34. The van der Waals surface area contributed by atoms with Gasteiger partial charge in [-0.1, -0.05) is 13.3 Å². The zero-order valence-corrected chi connectivity index (χ0v) is 10.4. The molecule has 0 aliphatic carbocycles. The lowest BCUT2D eigenvalue weighted by Crippen LogP contribution is -2.25. The first-order chi connectivity index (χ1) is 8.60. The molecular formula is C13H15FN2O2. The zero-order chi connectivity index (χ0) is 13.1. The van der Waals surface area contributed by atoms with E-state index in [-0.39, 0.29) is 18.2 Å². The highest BCUT2D eigenvalue weighted by Gasteiger charge is 2.18. The number of aliphatic imine (C=N–C) groups is 1. The van der Waals surface area contributed by atoms with Crippen LogP contribution in [-0.2, 0) is 4.79 Å². The summed E-state index contributed by atoms with van der Waals surface area (Å²) in [6.07, 6.45) is 1.78. The van der Waals surface area contributed by atoms with Gasteiger partial charge >= 0.3 is 0 Å². The normalized spacial score (nSPS) is 14.8. The van der Waals surface area contributed by atoms with Crippen LogP contribution in [0.2, 0.25) is 0 Å². The Morgan fingerprint density at radius 2 is 2.33 bits per heavy atom. The molecule has 1 heterocycles. The molecule has 96 valence electrons. The quantitative estimate of drug-likeness (QED) is 0.838. The molecule has 1 aliphatic rings. The van der Waals surface area contributed by atoms with Crippen molar-refractivity contribution < 1.29 is 13.9 Å². The van der Waals surface area contributed by atoms with Crippen molar-refractivity contribution in [3.63, 3.8) is 0 Å². The summed E-state index contributed by atoms with van der Waals surface area (Å²) in [4.78, 5) is 15.4. The van der Waals surface area contributed by atoms with Gasteiger partial charge in [0.15, 0.2) is 12.4 Å². The van der Waals surface area contributed by atoms with Crippen LogP contribution in [0, 0.1) is 5.82 Å². The molecule has 0 unspecified atom stereocenters. The minimum absolute atomic E-state index is 0.0794. The number of fused-ring (bicyclic) bond motifs is 1. The molecule has 0 saturated heterocycles. The van der Waals surface area contributed by atoms with Crippen molar-refractivity contribution in [1.29, 1.82) is 0 Å². The Hall–Kier alpha value is -1.91. The molecule has 1 aromatic carbocycles. The number of halogens is 1. The first-order valence-electron chi connectivity index (χ1n) is 5.90. The van der Waals surface area contributed by atoms with Crippen molar-refractivity contribution in [2.75, 3.05) is 11.9 Å². The number of amides is 1. The second-order valence-electron chi connectivity index (χ2n) is 4.23. The molecule has 0 saturated carbocycles. The third-order valence-electron chi connectivity index (χ3n) is 2.60. The monoisotopic (exact) mass is 250 g/mol. The number of anilines is 1. The van der Waals surface area contributed by atoms with Gasteiger partial charge in [0.25, 0.3) is 5.91 Å². The van der Waals surface area contributed by atoms with Crippen LogP contribution in [0.1, 0.15) is 26.7 Å². The molecule has 4 nitrogen and oxygen atoms in total. The van der Waals surface area contributed by atoms with Crippen molar-refractivity contribution >= 4 is 23.0 Å². The highest BCUT2D eigenvalue weighted by molar-refractivity contribution is 5.96. The second-order valence-corrected chi connectivity index (χ2v) is 4.23. The van der Waals surface area contributed by atoms with Crippen molar-refractivity contribution in [2.45, 2.75) is 26.7 Å². The van der Waals surface area contributed by atoms with Crippen LogP contribution in [0.15, 0.2) is 17.1 Å². The Balaban J connectivity index is 2.35. The summed E-state index contributed by atoms with van der Waals surface area (Å²) in [6.45, 7) is 3.82. The van der Waals surface area contributed by atoms with Gasteiger partial charge in [0.1, 0.15) is 11.4 Å². The van der Waals surface area contributed by atoms with E-state index in [1.807, 2.05) is 13.8 Å². The van der Waals surface area contributed by atoms with E-state index < -0.39 is 5.82 Å². The van der Waals surface area contributed by atoms with Crippen LogP contribution < -0.4 is 10.1 Å². The molecule has 0 bridgehead atoms. The Bertz CT molecular complexity index is 512. The number of hydrogen-bond acceptors (Lipinski definition) is 3. The van der Waals surface area contributed by atoms with Gasteiger partial charge in [0.05, 0.1) is 5.69 Å². The first kappa shape index (κ1) is 12.5. The smallest absolute Gasteiger partial charge is 0.262 e. The molecule has 18 heavy (non-hydrogen) atoms. The fourth-order valence-electron chi connectivity index (χ4n) is 1.80. The fourth-order valence-corrected chi connectivity index (χ4v) is 1.80. The highest BCUT2D eigenvalue weighted by atomic mass is 19.1. The predicted octanol–water partition coefficient (Wildman–Crippen LogP) is 3.05. The van der Waals surface area contributed by atoms with Crippen LogP contribution in [0.25, 0.3) is 0 Å². The minimum Gasteiger partial charge on any atom is -0.481 e. The van der Waals surface area contributed by atoms with Gasteiger partial charge in [-0.25, -0.2) is 4.39 Å². The third kappa shape index (κ3) is 2.67. The molecule has 0 atom stereocenters. The molecule has 1 aliphatic heterocycles. The number of nitrogens with one attached hydrogen (secondary N) is 1. The standard InChI is InChI=1S/C13H15FN2O2/c1-3-4-8(2)15-10-6-11-12(5-9(10)14)18-7-13(17)16-11/h5-6H,3-4,7H2,1-2H3,(H,16,17). The van der Waals surface area contributed by atoms with E-state index in [0.29, 0.717) is 11.4 Å². The topological polar surface area (TPSA) is 50.7 Å². The maximum absolute atomic E-state index is 13.8. The lowest BCUT2D eigenvalue weighted by atomic mass is 10.2. The summed E-state index contributed by atoms with van der Waals surface area (Å²) < 4.78 is 18.9. The van der Waals surface area contributed by atoms with Gasteiger partial charge in [-0.2, -0.15) is 0 Å². The fraction of sp³-hybridized carbons (Fsp3) is 0.385. The molecule has 5 heteroatoms. The zero-order valence-electron chi connectivity index (χ0n) is 10.4. The molecule has 2 rings (SSSR count). The Labute approximate surface area is 105 Å². The molecule has 0 aromatic heterocycles.